The second kappa shape index (κ2) is 3.01. The third kappa shape index (κ3) is 1.20. The van der Waals surface area contributed by atoms with Crippen molar-refractivity contribution in [1.82, 2.24) is 4.98 Å². The van der Waals surface area contributed by atoms with Crippen LogP contribution in [-0.4, -0.2) is 4.98 Å². The van der Waals surface area contributed by atoms with E-state index in [2.05, 4.69) is 52.7 Å². The minimum Gasteiger partial charge on any atom is -0.263 e. The molecular formula is C10H8IN. The molecule has 0 aliphatic heterocycles. The number of pyridine rings is 1. The minimum absolute atomic E-state index is 1.22. The van der Waals surface area contributed by atoms with Crippen LogP contribution >= 0.6 is 22.6 Å². The van der Waals surface area contributed by atoms with Gasteiger partial charge in [0.15, 0.2) is 0 Å². The molecule has 1 aromatic carbocycles. The van der Waals surface area contributed by atoms with Crippen molar-refractivity contribution in [2.45, 2.75) is 6.92 Å². The number of aryl methyl sites for hydroxylation is 1. The zero-order valence-electron chi connectivity index (χ0n) is 6.71. The van der Waals surface area contributed by atoms with Gasteiger partial charge in [0.2, 0.25) is 0 Å². The fraction of sp³-hybridized carbons (Fsp3) is 0.100. The van der Waals surface area contributed by atoms with Gasteiger partial charge in [-0.25, -0.2) is 0 Å². The lowest BCUT2D eigenvalue weighted by Crippen LogP contribution is -1.83. The van der Waals surface area contributed by atoms with E-state index in [1.165, 1.54) is 19.9 Å². The molecule has 0 amide bonds. The molecule has 0 radical (unpaired) electrons. The van der Waals surface area contributed by atoms with E-state index in [1.807, 2.05) is 12.4 Å². The van der Waals surface area contributed by atoms with Crippen molar-refractivity contribution < 1.29 is 0 Å². The number of aromatic nitrogens is 1. The number of benzene rings is 1. The lowest BCUT2D eigenvalue weighted by atomic mass is 10.1. The first-order chi connectivity index (χ1) is 5.79. The summed E-state index contributed by atoms with van der Waals surface area (Å²) in [4.78, 5) is 4.17. The fourth-order valence-corrected chi connectivity index (χ4v) is 1.94. The summed E-state index contributed by atoms with van der Waals surface area (Å²) in [6.07, 6.45) is 3.81. The van der Waals surface area contributed by atoms with Crippen molar-refractivity contribution in [2.24, 2.45) is 0 Å². The van der Waals surface area contributed by atoms with Crippen LogP contribution in [-0.2, 0) is 0 Å². The fourth-order valence-electron chi connectivity index (χ4n) is 1.31. The second-order valence-electron chi connectivity index (χ2n) is 2.79. The Labute approximate surface area is 85.0 Å². The lowest BCUT2D eigenvalue weighted by Gasteiger charge is -2.01. The number of hydrogen-bond donors (Lipinski definition) is 0. The van der Waals surface area contributed by atoms with E-state index in [0.717, 1.165) is 0 Å². The van der Waals surface area contributed by atoms with E-state index in [-0.39, 0.29) is 0 Å². The highest BCUT2D eigenvalue weighted by Gasteiger charge is 1.98. The molecule has 2 heteroatoms. The highest BCUT2D eigenvalue weighted by atomic mass is 127. The van der Waals surface area contributed by atoms with Crippen molar-refractivity contribution in [3.05, 3.63) is 39.7 Å². The maximum Gasteiger partial charge on any atom is 0.0408 e. The normalized spacial score (nSPS) is 10.5. The molecule has 1 heterocycles. The Balaban J connectivity index is 2.94. The molecule has 0 aliphatic carbocycles. The summed E-state index contributed by atoms with van der Waals surface area (Å²) in [5.74, 6) is 0. The Bertz CT molecular complexity index is 382. The molecule has 1 nitrogen and oxygen atoms in total. The van der Waals surface area contributed by atoms with Gasteiger partial charge in [-0.1, -0.05) is 18.2 Å². The van der Waals surface area contributed by atoms with E-state index in [4.69, 9.17) is 0 Å². The Kier molecular flexibility index (Phi) is 2.00. The molecule has 0 spiro atoms. The van der Waals surface area contributed by atoms with Crippen LogP contribution in [0.15, 0.2) is 30.6 Å². The molecule has 0 unspecified atom stereocenters. The van der Waals surface area contributed by atoms with Gasteiger partial charge in [0, 0.05) is 21.4 Å². The average molecular weight is 269 g/mol. The first-order valence-corrected chi connectivity index (χ1v) is 4.86. The third-order valence-corrected chi connectivity index (χ3v) is 2.83. The molecule has 60 valence electrons. The van der Waals surface area contributed by atoms with Crippen LogP contribution in [0.4, 0.5) is 0 Å². The molecule has 1 aromatic heterocycles. The Hall–Kier alpha value is -0.640. The summed E-state index contributed by atoms with van der Waals surface area (Å²) in [7, 11) is 0. The van der Waals surface area contributed by atoms with Gasteiger partial charge in [0.25, 0.3) is 0 Å². The van der Waals surface area contributed by atoms with Crippen LogP contribution in [0.1, 0.15) is 5.56 Å². The molecule has 0 aliphatic rings. The molecule has 0 fully saturated rings. The van der Waals surface area contributed by atoms with Gasteiger partial charge in [-0.3, -0.25) is 4.98 Å². The molecule has 2 rings (SSSR count). The molecule has 2 aromatic rings. The van der Waals surface area contributed by atoms with E-state index >= 15 is 0 Å². The molecule has 0 atom stereocenters. The number of nitrogens with zero attached hydrogens (tertiary/aromatic N) is 1. The third-order valence-electron chi connectivity index (χ3n) is 1.97. The monoisotopic (exact) mass is 269 g/mol. The SMILES string of the molecule is Cc1cccc2c(I)cncc12. The number of halogens is 1. The van der Waals surface area contributed by atoms with Gasteiger partial charge in [0.05, 0.1) is 0 Å². The Morgan fingerprint density at radius 2 is 2.00 bits per heavy atom. The topological polar surface area (TPSA) is 12.9 Å². The van der Waals surface area contributed by atoms with Crippen LogP contribution in [0, 0.1) is 10.5 Å². The lowest BCUT2D eigenvalue weighted by molar-refractivity contribution is 1.33. The first-order valence-electron chi connectivity index (χ1n) is 3.78. The summed E-state index contributed by atoms with van der Waals surface area (Å²) >= 11 is 2.31. The van der Waals surface area contributed by atoms with Crippen molar-refractivity contribution in [3.8, 4) is 0 Å². The van der Waals surface area contributed by atoms with Gasteiger partial charge in [-0.05, 0) is 40.5 Å². The van der Waals surface area contributed by atoms with Crippen molar-refractivity contribution in [2.75, 3.05) is 0 Å². The van der Waals surface area contributed by atoms with E-state index < -0.39 is 0 Å². The smallest absolute Gasteiger partial charge is 0.0408 e. The standard InChI is InChI=1S/C10H8IN/c1-7-3-2-4-8-9(7)5-12-6-10(8)11/h2-6H,1H3. The summed E-state index contributed by atoms with van der Waals surface area (Å²) in [5.41, 5.74) is 1.29. The molecule has 0 saturated heterocycles. The summed E-state index contributed by atoms with van der Waals surface area (Å²) in [6.45, 7) is 2.11. The number of rotatable bonds is 0. The predicted molar refractivity (Wildman–Crippen MR) is 59.2 cm³/mol. The van der Waals surface area contributed by atoms with Crippen LogP contribution < -0.4 is 0 Å². The minimum atomic E-state index is 1.22. The average Bonchev–Trinajstić information content (AvgIpc) is 2.07. The van der Waals surface area contributed by atoms with E-state index in [9.17, 15) is 0 Å². The molecule has 0 bridgehead atoms. The summed E-state index contributed by atoms with van der Waals surface area (Å²) < 4.78 is 1.22. The van der Waals surface area contributed by atoms with Crippen molar-refractivity contribution in [1.29, 1.82) is 0 Å². The number of hydrogen-bond acceptors (Lipinski definition) is 1. The van der Waals surface area contributed by atoms with Crippen LogP contribution in [0.5, 0.6) is 0 Å². The van der Waals surface area contributed by atoms with Crippen LogP contribution in [0.25, 0.3) is 10.8 Å². The quantitative estimate of drug-likeness (QED) is 0.669. The molecule has 0 N–H and O–H groups in total. The Morgan fingerprint density at radius 3 is 2.75 bits per heavy atom. The van der Waals surface area contributed by atoms with Gasteiger partial charge in [-0.15, -0.1) is 0 Å². The maximum absolute atomic E-state index is 4.17. The van der Waals surface area contributed by atoms with Crippen LogP contribution in [0.2, 0.25) is 0 Å². The Morgan fingerprint density at radius 1 is 1.17 bits per heavy atom. The van der Waals surface area contributed by atoms with Gasteiger partial charge in [0.1, 0.15) is 0 Å². The van der Waals surface area contributed by atoms with Gasteiger partial charge < -0.3 is 0 Å². The van der Waals surface area contributed by atoms with Crippen LogP contribution in [0.3, 0.4) is 0 Å². The molecule has 12 heavy (non-hydrogen) atoms. The predicted octanol–water partition coefficient (Wildman–Crippen LogP) is 3.15. The number of fused-ring (bicyclic) bond motifs is 1. The largest absolute Gasteiger partial charge is 0.263 e. The second-order valence-corrected chi connectivity index (χ2v) is 3.95. The zero-order chi connectivity index (χ0) is 8.55. The molecular weight excluding hydrogens is 261 g/mol. The highest BCUT2D eigenvalue weighted by Crippen LogP contribution is 2.21. The van der Waals surface area contributed by atoms with E-state index in [0.29, 0.717) is 0 Å². The summed E-state index contributed by atoms with van der Waals surface area (Å²) in [5, 5.41) is 2.55. The van der Waals surface area contributed by atoms with E-state index in [1.54, 1.807) is 0 Å². The molecule has 0 saturated carbocycles. The van der Waals surface area contributed by atoms with Crippen molar-refractivity contribution in [3.63, 3.8) is 0 Å². The zero-order valence-corrected chi connectivity index (χ0v) is 8.87. The highest BCUT2D eigenvalue weighted by molar-refractivity contribution is 14.1. The summed E-state index contributed by atoms with van der Waals surface area (Å²) in [6, 6.07) is 6.33. The van der Waals surface area contributed by atoms with Gasteiger partial charge >= 0.3 is 0 Å². The maximum atomic E-state index is 4.17. The van der Waals surface area contributed by atoms with Crippen molar-refractivity contribution >= 4 is 33.4 Å². The first kappa shape index (κ1) is 7.98. The van der Waals surface area contributed by atoms with Gasteiger partial charge in [-0.2, -0.15) is 0 Å².